The zero-order valence-corrected chi connectivity index (χ0v) is 15.9. The molecule has 0 aliphatic rings. The summed E-state index contributed by atoms with van der Waals surface area (Å²) in [5.41, 5.74) is 0.185. The molecule has 0 saturated carbocycles. The molecule has 0 radical (unpaired) electrons. The number of anilines is 2. The van der Waals surface area contributed by atoms with Crippen LogP contribution in [0.25, 0.3) is 5.95 Å². The SMILES string of the molecule is CCC(C#Cc1ccc(F)cc1)(CC)Nc1nc(NC)nc(-n2cncn2)n1. The van der Waals surface area contributed by atoms with Crippen LogP contribution in [-0.2, 0) is 0 Å². The van der Waals surface area contributed by atoms with Gasteiger partial charge in [0.1, 0.15) is 24.0 Å². The first-order valence-electron chi connectivity index (χ1n) is 8.93. The van der Waals surface area contributed by atoms with E-state index in [9.17, 15) is 4.39 Å². The highest BCUT2D eigenvalue weighted by molar-refractivity contribution is 5.45. The Hall–Kier alpha value is -3.54. The van der Waals surface area contributed by atoms with Crippen LogP contribution in [0.3, 0.4) is 0 Å². The fourth-order valence-corrected chi connectivity index (χ4v) is 2.52. The van der Waals surface area contributed by atoms with Crippen molar-refractivity contribution in [1.29, 1.82) is 0 Å². The second-order valence-corrected chi connectivity index (χ2v) is 6.04. The van der Waals surface area contributed by atoms with Crippen molar-refractivity contribution >= 4 is 11.9 Å². The molecule has 0 aliphatic carbocycles. The summed E-state index contributed by atoms with van der Waals surface area (Å²) < 4.78 is 14.6. The van der Waals surface area contributed by atoms with E-state index in [1.165, 1.54) is 29.5 Å². The smallest absolute Gasteiger partial charge is 0.258 e. The van der Waals surface area contributed by atoms with Crippen molar-refractivity contribution in [3.63, 3.8) is 0 Å². The zero-order valence-electron chi connectivity index (χ0n) is 15.9. The largest absolute Gasteiger partial charge is 0.357 e. The molecule has 0 amide bonds. The van der Waals surface area contributed by atoms with Crippen molar-refractivity contribution in [3.05, 3.63) is 48.3 Å². The molecule has 2 aromatic heterocycles. The number of benzene rings is 1. The summed E-state index contributed by atoms with van der Waals surface area (Å²) in [4.78, 5) is 17.0. The number of rotatable bonds is 6. The zero-order chi connectivity index (χ0) is 20.0. The summed E-state index contributed by atoms with van der Waals surface area (Å²) in [5.74, 6) is 7.21. The van der Waals surface area contributed by atoms with Crippen molar-refractivity contribution in [3.8, 4) is 17.8 Å². The lowest BCUT2D eigenvalue weighted by Crippen LogP contribution is -2.36. The van der Waals surface area contributed by atoms with Gasteiger partial charge in [-0.1, -0.05) is 25.7 Å². The van der Waals surface area contributed by atoms with E-state index in [4.69, 9.17) is 0 Å². The lowest BCUT2D eigenvalue weighted by atomic mass is 9.93. The van der Waals surface area contributed by atoms with Crippen molar-refractivity contribution in [1.82, 2.24) is 29.7 Å². The van der Waals surface area contributed by atoms with Gasteiger partial charge < -0.3 is 10.6 Å². The van der Waals surface area contributed by atoms with Crippen LogP contribution < -0.4 is 10.6 Å². The molecule has 0 atom stereocenters. The Balaban J connectivity index is 1.94. The molecule has 0 bridgehead atoms. The first-order valence-corrected chi connectivity index (χ1v) is 8.93. The Kier molecular flexibility index (Phi) is 5.79. The van der Waals surface area contributed by atoms with Crippen LogP contribution in [0, 0.1) is 17.7 Å². The van der Waals surface area contributed by atoms with Gasteiger partial charge in [-0.2, -0.15) is 24.7 Å². The second-order valence-electron chi connectivity index (χ2n) is 6.04. The molecule has 3 rings (SSSR count). The quantitative estimate of drug-likeness (QED) is 0.635. The van der Waals surface area contributed by atoms with Gasteiger partial charge in [0.2, 0.25) is 11.9 Å². The molecule has 1 aromatic carbocycles. The number of aromatic nitrogens is 6. The van der Waals surface area contributed by atoms with Crippen LogP contribution in [0.1, 0.15) is 32.3 Å². The van der Waals surface area contributed by atoms with E-state index in [1.54, 1.807) is 19.2 Å². The number of halogens is 1. The molecule has 0 aliphatic heterocycles. The van der Waals surface area contributed by atoms with E-state index in [1.807, 2.05) is 13.8 Å². The topological polar surface area (TPSA) is 93.4 Å². The van der Waals surface area contributed by atoms with Crippen LogP contribution in [-0.4, -0.2) is 42.3 Å². The van der Waals surface area contributed by atoms with Gasteiger partial charge in [-0.3, -0.25) is 0 Å². The fourth-order valence-electron chi connectivity index (χ4n) is 2.52. The third kappa shape index (κ3) is 4.40. The average molecular weight is 380 g/mol. The Morgan fingerprint density at radius 1 is 1.07 bits per heavy atom. The lowest BCUT2D eigenvalue weighted by molar-refractivity contribution is 0.549. The molecule has 144 valence electrons. The van der Waals surface area contributed by atoms with Crippen LogP contribution in [0.5, 0.6) is 0 Å². The average Bonchev–Trinajstić information content (AvgIpc) is 3.27. The normalized spacial score (nSPS) is 10.9. The van der Waals surface area contributed by atoms with Gasteiger partial charge in [-0.25, -0.2) is 9.37 Å². The number of hydrogen-bond acceptors (Lipinski definition) is 7. The Morgan fingerprint density at radius 3 is 2.39 bits per heavy atom. The number of hydrogen-bond donors (Lipinski definition) is 2. The molecular formula is C19H21FN8. The molecule has 28 heavy (non-hydrogen) atoms. The minimum atomic E-state index is -0.555. The van der Waals surface area contributed by atoms with Crippen molar-refractivity contribution < 1.29 is 4.39 Å². The molecule has 3 aromatic rings. The van der Waals surface area contributed by atoms with Gasteiger partial charge in [0.25, 0.3) is 5.95 Å². The van der Waals surface area contributed by atoms with Crippen molar-refractivity contribution in [2.75, 3.05) is 17.7 Å². The lowest BCUT2D eigenvalue weighted by Gasteiger charge is -2.27. The molecule has 0 saturated heterocycles. The van der Waals surface area contributed by atoms with Crippen molar-refractivity contribution in [2.24, 2.45) is 0 Å². The predicted octanol–water partition coefficient (Wildman–Crippen LogP) is 2.66. The third-order valence-corrected chi connectivity index (χ3v) is 4.32. The van der Waals surface area contributed by atoms with E-state index in [-0.39, 0.29) is 5.82 Å². The highest BCUT2D eigenvalue weighted by Gasteiger charge is 2.25. The minimum Gasteiger partial charge on any atom is -0.357 e. The molecule has 0 unspecified atom stereocenters. The van der Waals surface area contributed by atoms with E-state index < -0.39 is 5.54 Å². The summed E-state index contributed by atoms with van der Waals surface area (Å²) >= 11 is 0. The van der Waals surface area contributed by atoms with E-state index in [2.05, 4.69) is 47.5 Å². The maximum absolute atomic E-state index is 13.1. The summed E-state index contributed by atoms with van der Waals surface area (Å²) in [5, 5.41) is 10.3. The van der Waals surface area contributed by atoms with Gasteiger partial charge in [-0.05, 0) is 37.1 Å². The molecule has 0 spiro atoms. The number of nitrogens with zero attached hydrogens (tertiary/aromatic N) is 6. The number of nitrogens with one attached hydrogen (secondary N) is 2. The second kappa shape index (κ2) is 8.43. The molecule has 0 fully saturated rings. The molecule has 9 heteroatoms. The van der Waals surface area contributed by atoms with Gasteiger partial charge in [0.05, 0.1) is 0 Å². The maximum atomic E-state index is 13.1. The maximum Gasteiger partial charge on any atom is 0.258 e. The van der Waals surface area contributed by atoms with E-state index in [0.29, 0.717) is 17.8 Å². The highest BCUT2D eigenvalue weighted by Crippen LogP contribution is 2.21. The van der Waals surface area contributed by atoms with Crippen LogP contribution in [0.15, 0.2) is 36.9 Å². The van der Waals surface area contributed by atoms with Crippen LogP contribution >= 0.6 is 0 Å². The molecule has 2 heterocycles. The Bertz CT molecular complexity index is 969. The van der Waals surface area contributed by atoms with E-state index >= 15 is 0 Å². The summed E-state index contributed by atoms with van der Waals surface area (Å²) in [7, 11) is 1.73. The van der Waals surface area contributed by atoms with Crippen LogP contribution in [0.4, 0.5) is 16.3 Å². The fraction of sp³-hybridized carbons (Fsp3) is 0.316. The summed E-state index contributed by atoms with van der Waals surface area (Å²) in [6, 6.07) is 6.10. The van der Waals surface area contributed by atoms with Gasteiger partial charge in [0, 0.05) is 12.6 Å². The third-order valence-electron chi connectivity index (χ3n) is 4.32. The monoisotopic (exact) mass is 380 g/mol. The molecule has 8 nitrogen and oxygen atoms in total. The first kappa shape index (κ1) is 19.2. The highest BCUT2D eigenvalue weighted by atomic mass is 19.1. The van der Waals surface area contributed by atoms with Gasteiger partial charge in [-0.15, -0.1) is 0 Å². The summed E-state index contributed by atoms with van der Waals surface area (Å²) in [6.45, 7) is 4.07. The van der Waals surface area contributed by atoms with Gasteiger partial charge >= 0.3 is 0 Å². The van der Waals surface area contributed by atoms with E-state index in [0.717, 1.165) is 18.4 Å². The predicted molar refractivity (Wildman–Crippen MR) is 105 cm³/mol. The Labute approximate surface area is 162 Å². The minimum absolute atomic E-state index is 0.286. The molecular weight excluding hydrogens is 359 g/mol. The Morgan fingerprint density at radius 2 is 1.79 bits per heavy atom. The first-order chi connectivity index (χ1) is 13.6. The molecule has 2 N–H and O–H groups in total. The van der Waals surface area contributed by atoms with Gasteiger partial charge in [0.15, 0.2) is 0 Å². The van der Waals surface area contributed by atoms with Crippen molar-refractivity contribution in [2.45, 2.75) is 32.2 Å². The standard InChI is InChI=1S/C19H21FN8/c1-4-19(5-2,11-10-14-6-8-15(20)9-7-14)27-17-24-16(21-3)25-18(26-17)28-13-22-12-23-28/h6-9,12-13H,4-5H2,1-3H3,(H2,21,24,25,26,27). The summed E-state index contributed by atoms with van der Waals surface area (Å²) in [6.07, 6.45) is 4.36. The van der Waals surface area contributed by atoms with Crippen LogP contribution in [0.2, 0.25) is 0 Å².